The summed E-state index contributed by atoms with van der Waals surface area (Å²) in [5, 5.41) is 9.73. The number of benzene rings is 1. The third-order valence-corrected chi connectivity index (χ3v) is 4.51. The average molecular weight is 340 g/mol. The number of hydrogen-bond acceptors (Lipinski definition) is 5. The molecule has 0 amide bonds. The van der Waals surface area contributed by atoms with Crippen molar-refractivity contribution >= 4 is 17.5 Å². The van der Waals surface area contributed by atoms with Crippen LogP contribution < -0.4 is 5.73 Å². The minimum atomic E-state index is -0.283. The number of allylic oxidation sites excluding steroid dienone is 2. The van der Waals surface area contributed by atoms with Crippen LogP contribution in [0.25, 0.3) is 5.69 Å². The lowest BCUT2D eigenvalue weighted by molar-refractivity contribution is -0.112. The summed E-state index contributed by atoms with van der Waals surface area (Å²) in [7, 11) is 0. The summed E-state index contributed by atoms with van der Waals surface area (Å²) < 4.78 is 1.97. The van der Waals surface area contributed by atoms with Crippen molar-refractivity contribution in [2.45, 2.75) is 31.8 Å². The summed E-state index contributed by atoms with van der Waals surface area (Å²) in [6.07, 6.45) is 3.59. The van der Waals surface area contributed by atoms with E-state index < -0.39 is 0 Å². The Morgan fingerprint density at radius 2 is 2.12 bits per heavy atom. The number of Topliss-reactive ketones (excluding diaryl/α,β-unsaturated/α-hetero) is 1. The fourth-order valence-corrected chi connectivity index (χ4v) is 3.19. The van der Waals surface area contributed by atoms with E-state index in [0.29, 0.717) is 11.1 Å². The Labute approximate surface area is 146 Å². The molecule has 1 heterocycles. The van der Waals surface area contributed by atoms with E-state index in [0.717, 1.165) is 5.69 Å². The monoisotopic (exact) mass is 340 g/mol. The second kappa shape index (κ2) is 7.84. The van der Waals surface area contributed by atoms with Crippen molar-refractivity contribution in [2.24, 2.45) is 5.73 Å². The van der Waals surface area contributed by atoms with Gasteiger partial charge in [0, 0.05) is 18.1 Å². The molecule has 1 aromatic heterocycles. The van der Waals surface area contributed by atoms with E-state index in [1.54, 1.807) is 13.1 Å². The van der Waals surface area contributed by atoms with Gasteiger partial charge in [-0.25, -0.2) is 4.98 Å². The van der Waals surface area contributed by atoms with Crippen molar-refractivity contribution in [1.29, 1.82) is 5.26 Å². The molecule has 0 atom stereocenters. The molecule has 0 radical (unpaired) electrons. The lowest BCUT2D eigenvalue weighted by atomic mass is 10.0. The van der Waals surface area contributed by atoms with Gasteiger partial charge in [0.15, 0.2) is 10.9 Å². The molecule has 2 rings (SSSR count). The van der Waals surface area contributed by atoms with Gasteiger partial charge >= 0.3 is 0 Å². The van der Waals surface area contributed by atoms with Gasteiger partial charge in [-0.1, -0.05) is 43.8 Å². The second-order valence-corrected chi connectivity index (χ2v) is 6.62. The predicted octanol–water partition coefficient (Wildman–Crippen LogP) is 3.41. The number of hydrogen-bond donors (Lipinski definition) is 1. The fraction of sp³-hybridized carbons (Fsp3) is 0.278. The van der Waals surface area contributed by atoms with Crippen molar-refractivity contribution in [2.75, 3.05) is 5.75 Å². The Kier molecular flexibility index (Phi) is 5.83. The van der Waals surface area contributed by atoms with E-state index >= 15 is 0 Å². The largest absolute Gasteiger partial charge is 0.401 e. The lowest BCUT2D eigenvalue weighted by Gasteiger charge is -2.15. The first-order chi connectivity index (χ1) is 11.5. The minimum Gasteiger partial charge on any atom is -0.401 e. The topological polar surface area (TPSA) is 84.7 Å². The number of carbonyl (C=O) groups excluding carboxylic acids is 1. The molecule has 124 valence electrons. The Morgan fingerprint density at radius 1 is 1.42 bits per heavy atom. The number of rotatable bonds is 6. The maximum Gasteiger partial charge on any atom is 0.185 e. The van der Waals surface area contributed by atoms with E-state index in [4.69, 9.17) is 11.0 Å². The fourth-order valence-electron chi connectivity index (χ4n) is 2.35. The zero-order chi connectivity index (χ0) is 17.7. The molecule has 0 aliphatic carbocycles. The molecule has 0 spiro atoms. The number of nitrogens with zero attached hydrogens (tertiary/aromatic N) is 3. The van der Waals surface area contributed by atoms with E-state index in [1.165, 1.54) is 17.3 Å². The first-order valence-corrected chi connectivity index (χ1v) is 8.59. The maximum atomic E-state index is 12.1. The van der Waals surface area contributed by atoms with Gasteiger partial charge in [0.1, 0.15) is 11.6 Å². The van der Waals surface area contributed by atoms with Gasteiger partial charge in [-0.2, -0.15) is 5.26 Å². The van der Waals surface area contributed by atoms with Crippen LogP contribution in [-0.2, 0) is 4.79 Å². The van der Waals surface area contributed by atoms with Crippen LogP contribution in [-0.4, -0.2) is 21.1 Å². The van der Waals surface area contributed by atoms with E-state index in [2.05, 4.69) is 24.9 Å². The smallest absolute Gasteiger partial charge is 0.185 e. The van der Waals surface area contributed by atoms with Crippen molar-refractivity contribution in [3.63, 3.8) is 0 Å². The molecule has 0 fully saturated rings. The zero-order valence-corrected chi connectivity index (χ0v) is 14.8. The van der Waals surface area contributed by atoms with Crippen LogP contribution in [0, 0.1) is 11.3 Å². The Balaban J connectivity index is 2.26. The highest BCUT2D eigenvalue weighted by Crippen LogP contribution is 2.27. The van der Waals surface area contributed by atoms with Crippen LogP contribution in [0.1, 0.15) is 32.3 Å². The molecule has 24 heavy (non-hydrogen) atoms. The molecule has 0 aliphatic rings. The summed E-state index contributed by atoms with van der Waals surface area (Å²) in [6, 6.07) is 9.99. The summed E-state index contributed by atoms with van der Waals surface area (Å²) in [4.78, 5) is 16.5. The first kappa shape index (κ1) is 17.8. The maximum absolute atomic E-state index is 12.1. The molecule has 2 N–H and O–H groups in total. The number of para-hydroxylation sites is 1. The number of aromatic nitrogens is 2. The second-order valence-electron chi connectivity index (χ2n) is 5.68. The molecule has 0 aliphatic heterocycles. The summed E-state index contributed by atoms with van der Waals surface area (Å²) in [5.74, 6) is 0.212. The average Bonchev–Trinajstić information content (AvgIpc) is 3.01. The van der Waals surface area contributed by atoms with Gasteiger partial charge in [-0.05, 0) is 24.5 Å². The van der Waals surface area contributed by atoms with Gasteiger partial charge in [-0.15, -0.1) is 0 Å². The predicted molar refractivity (Wildman–Crippen MR) is 95.9 cm³/mol. The standard InChI is InChI=1S/C18H20N4OS/c1-12(2)14-6-4-5-7-16(14)22-9-8-21-18(22)24-11-17(23)15(10-19)13(3)20/h4-9,12H,11,20H2,1-3H3/b15-13+. The first-order valence-electron chi connectivity index (χ1n) is 7.60. The van der Waals surface area contributed by atoms with E-state index in [-0.39, 0.29) is 22.8 Å². The molecule has 0 saturated carbocycles. The molecule has 2 aromatic rings. The number of nitrogens with two attached hydrogens (primary N) is 1. The molecule has 6 heteroatoms. The Bertz CT molecular complexity index is 810. The van der Waals surface area contributed by atoms with E-state index in [9.17, 15) is 4.79 Å². The normalized spacial score (nSPS) is 12.0. The number of thioether (sulfide) groups is 1. The molecular formula is C18H20N4OS. The number of nitriles is 1. The van der Waals surface area contributed by atoms with Gasteiger partial charge in [0.25, 0.3) is 0 Å². The minimum absolute atomic E-state index is 0.0168. The van der Waals surface area contributed by atoms with Gasteiger partial charge in [0.2, 0.25) is 0 Å². The number of ketones is 1. The highest BCUT2D eigenvalue weighted by molar-refractivity contribution is 7.99. The third kappa shape index (κ3) is 3.87. The quantitative estimate of drug-likeness (QED) is 0.495. The van der Waals surface area contributed by atoms with Crippen LogP contribution in [0.4, 0.5) is 0 Å². The van der Waals surface area contributed by atoms with Crippen LogP contribution >= 0.6 is 11.8 Å². The zero-order valence-electron chi connectivity index (χ0n) is 14.0. The van der Waals surface area contributed by atoms with Gasteiger partial charge < -0.3 is 5.73 Å². The van der Waals surface area contributed by atoms with Gasteiger partial charge in [-0.3, -0.25) is 9.36 Å². The summed E-state index contributed by atoms with van der Waals surface area (Å²) in [5.41, 5.74) is 8.10. The summed E-state index contributed by atoms with van der Waals surface area (Å²) in [6.45, 7) is 5.83. The van der Waals surface area contributed by atoms with Gasteiger partial charge in [0.05, 0.1) is 11.4 Å². The summed E-state index contributed by atoms with van der Waals surface area (Å²) >= 11 is 1.30. The van der Waals surface area contributed by atoms with E-state index in [1.807, 2.05) is 35.0 Å². The molecule has 5 nitrogen and oxygen atoms in total. The van der Waals surface area contributed by atoms with Crippen LogP contribution in [0.5, 0.6) is 0 Å². The van der Waals surface area contributed by atoms with Crippen LogP contribution in [0.2, 0.25) is 0 Å². The van der Waals surface area contributed by atoms with Crippen LogP contribution in [0.15, 0.2) is 53.1 Å². The Morgan fingerprint density at radius 3 is 2.75 bits per heavy atom. The highest BCUT2D eigenvalue weighted by atomic mass is 32.2. The van der Waals surface area contributed by atoms with Crippen molar-refractivity contribution < 1.29 is 4.79 Å². The Hall–Kier alpha value is -2.52. The van der Waals surface area contributed by atoms with Crippen molar-refractivity contribution in [1.82, 2.24) is 9.55 Å². The number of carbonyl (C=O) groups is 1. The number of imidazole rings is 1. The molecule has 0 bridgehead atoms. The van der Waals surface area contributed by atoms with Crippen molar-refractivity contribution in [3.8, 4) is 11.8 Å². The van der Waals surface area contributed by atoms with Crippen molar-refractivity contribution in [3.05, 3.63) is 53.5 Å². The molecule has 0 saturated heterocycles. The third-order valence-electron chi connectivity index (χ3n) is 3.54. The molecule has 0 unspecified atom stereocenters. The molecular weight excluding hydrogens is 320 g/mol. The lowest BCUT2D eigenvalue weighted by Crippen LogP contribution is -2.11. The molecule has 1 aromatic carbocycles. The SMILES string of the molecule is C/C(N)=C(/C#N)C(=O)CSc1nccn1-c1ccccc1C(C)C. The van der Waals surface area contributed by atoms with Crippen LogP contribution in [0.3, 0.4) is 0 Å². The highest BCUT2D eigenvalue weighted by Gasteiger charge is 2.16.